The second kappa shape index (κ2) is 7.76. The van der Waals surface area contributed by atoms with Crippen molar-refractivity contribution in [3.05, 3.63) is 11.6 Å². The molecule has 3 saturated carbocycles. The summed E-state index contributed by atoms with van der Waals surface area (Å²) in [5, 5.41) is 58.1. The smallest absolute Gasteiger partial charge is 0.309 e. The van der Waals surface area contributed by atoms with Crippen molar-refractivity contribution in [1.29, 1.82) is 0 Å². The number of aliphatic hydroxyl groups is 5. The van der Waals surface area contributed by atoms with E-state index in [0.29, 0.717) is 25.7 Å². The number of carbonyl (C=O) groups is 1. The van der Waals surface area contributed by atoms with E-state index in [9.17, 15) is 30.3 Å². The maximum absolute atomic E-state index is 12.5. The Morgan fingerprint density at radius 3 is 2.45 bits per heavy atom. The van der Waals surface area contributed by atoms with Crippen molar-refractivity contribution >= 4 is 5.97 Å². The molecular formula is C26H42O7. The first-order chi connectivity index (χ1) is 15.2. The molecule has 0 aliphatic heterocycles. The van der Waals surface area contributed by atoms with Gasteiger partial charge < -0.3 is 30.3 Å². The van der Waals surface area contributed by atoms with E-state index < -0.39 is 57.8 Å². The van der Waals surface area contributed by atoms with Crippen LogP contribution in [-0.4, -0.2) is 66.6 Å². The molecule has 0 bridgehead atoms. The van der Waals surface area contributed by atoms with Crippen LogP contribution in [0.1, 0.15) is 86.0 Å². The molecule has 7 heteroatoms. The SMILES string of the molecule is CC[C@@H](C)C(=O)O[C@@H](C)[C@]1(O)CC[C@@]2(O)[C@]1(C)[C@H](O)C[C@@H]1[C@@]3(C)CC[C@H](O)CC3=CC[C@]12O. The van der Waals surface area contributed by atoms with E-state index in [1.807, 2.05) is 13.0 Å². The normalized spacial score (nSPS) is 51.0. The van der Waals surface area contributed by atoms with Crippen molar-refractivity contribution in [2.45, 2.75) is 121 Å². The van der Waals surface area contributed by atoms with Gasteiger partial charge in [-0.3, -0.25) is 4.79 Å². The summed E-state index contributed by atoms with van der Waals surface area (Å²) in [6.45, 7) is 8.97. The molecule has 0 aromatic carbocycles. The van der Waals surface area contributed by atoms with Crippen molar-refractivity contribution in [2.24, 2.45) is 22.7 Å². The predicted octanol–water partition coefficient (Wildman–Crippen LogP) is 2.22. The summed E-state index contributed by atoms with van der Waals surface area (Å²) in [5.41, 5.74) is -5.87. The van der Waals surface area contributed by atoms with Crippen LogP contribution in [0.15, 0.2) is 11.6 Å². The number of fused-ring (bicyclic) bond motifs is 5. The highest BCUT2D eigenvalue weighted by Gasteiger charge is 2.80. The Kier molecular flexibility index (Phi) is 5.90. The summed E-state index contributed by atoms with van der Waals surface area (Å²) >= 11 is 0. The van der Waals surface area contributed by atoms with E-state index in [4.69, 9.17) is 4.74 Å². The molecule has 4 rings (SSSR count). The van der Waals surface area contributed by atoms with Crippen LogP contribution in [-0.2, 0) is 9.53 Å². The average Bonchev–Trinajstić information content (AvgIpc) is 3.00. The number of ether oxygens (including phenoxy) is 1. The lowest BCUT2D eigenvalue weighted by Crippen LogP contribution is -2.78. The molecule has 0 aromatic rings. The van der Waals surface area contributed by atoms with E-state index >= 15 is 0 Å². The molecule has 10 atom stereocenters. The quantitative estimate of drug-likeness (QED) is 0.317. The van der Waals surface area contributed by atoms with Gasteiger partial charge in [0.25, 0.3) is 0 Å². The van der Waals surface area contributed by atoms with E-state index in [2.05, 4.69) is 6.92 Å². The molecule has 0 spiro atoms. The molecule has 5 N–H and O–H groups in total. The van der Waals surface area contributed by atoms with Gasteiger partial charge in [-0.1, -0.05) is 39.3 Å². The van der Waals surface area contributed by atoms with Crippen LogP contribution in [0.5, 0.6) is 0 Å². The third kappa shape index (κ3) is 3.02. The zero-order valence-electron chi connectivity index (χ0n) is 20.7. The van der Waals surface area contributed by atoms with Crippen LogP contribution < -0.4 is 0 Å². The van der Waals surface area contributed by atoms with Gasteiger partial charge in [-0.2, -0.15) is 0 Å². The van der Waals surface area contributed by atoms with Crippen molar-refractivity contribution in [3.8, 4) is 0 Å². The third-order valence-corrected chi connectivity index (χ3v) is 10.6. The van der Waals surface area contributed by atoms with Gasteiger partial charge in [0, 0.05) is 5.92 Å². The number of carbonyl (C=O) groups excluding carboxylic acids is 1. The summed E-state index contributed by atoms with van der Waals surface area (Å²) in [6, 6.07) is 0. The first kappa shape index (κ1) is 25.1. The largest absolute Gasteiger partial charge is 0.459 e. The highest BCUT2D eigenvalue weighted by atomic mass is 16.6. The molecule has 188 valence electrons. The minimum atomic E-state index is -1.77. The van der Waals surface area contributed by atoms with Gasteiger partial charge in [0.2, 0.25) is 0 Å². The van der Waals surface area contributed by atoms with E-state index in [1.54, 1.807) is 20.8 Å². The predicted molar refractivity (Wildman–Crippen MR) is 122 cm³/mol. The van der Waals surface area contributed by atoms with Crippen molar-refractivity contribution in [1.82, 2.24) is 0 Å². The molecule has 0 saturated heterocycles. The Morgan fingerprint density at radius 1 is 1.15 bits per heavy atom. The van der Waals surface area contributed by atoms with Gasteiger partial charge in [-0.25, -0.2) is 0 Å². The monoisotopic (exact) mass is 466 g/mol. The second-order valence-electron chi connectivity index (χ2n) is 11.9. The van der Waals surface area contributed by atoms with Crippen LogP contribution >= 0.6 is 0 Å². The molecule has 0 amide bonds. The first-order valence-electron chi connectivity index (χ1n) is 12.6. The van der Waals surface area contributed by atoms with E-state index in [1.165, 1.54) is 0 Å². The zero-order chi connectivity index (χ0) is 24.6. The molecular weight excluding hydrogens is 424 g/mol. The van der Waals surface area contributed by atoms with Crippen LogP contribution in [0, 0.1) is 22.7 Å². The summed E-state index contributed by atoms with van der Waals surface area (Å²) < 4.78 is 5.65. The number of esters is 1. The minimum Gasteiger partial charge on any atom is -0.459 e. The number of hydrogen-bond donors (Lipinski definition) is 5. The topological polar surface area (TPSA) is 127 Å². The molecule has 4 aliphatic rings. The van der Waals surface area contributed by atoms with E-state index in [0.717, 1.165) is 5.57 Å². The lowest BCUT2D eigenvalue weighted by atomic mass is 9.42. The number of aliphatic hydroxyl groups excluding tert-OH is 2. The second-order valence-corrected chi connectivity index (χ2v) is 11.9. The standard InChI is InChI=1S/C26H42O7/c1-6-15(2)21(29)33-16(3)24(30)11-12-26(32)23(24,5)20(28)14-19-22(4)9-8-18(27)13-17(22)7-10-25(19,26)31/h7,15-16,18-20,27-28,30-32H,6,8-14H2,1-5H3/t15-,16+,18+,19-,20-,22+,23-,24-,25+,26-/m1/s1. The van der Waals surface area contributed by atoms with Crippen LogP contribution in [0.25, 0.3) is 0 Å². The Balaban J connectivity index is 1.74. The van der Waals surface area contributed by atoms with Crippen LogP contribution in [0.2, 0.25) is 0 Å². The summed E-state index contributed by atoms with van der Waals surface area (Å²) in [4.78, 5) is 12.5. The van der Waals surface area contributed by atoms with Crippen molar-refractivity contribution < 1.29 is 35.1 Å². The molecule has 0 unspecified atom stereocenters. The number of hydrogen-bond acceptors (Lipinski definition) is 7. The van der Waals surface area contributed by atoms with Gasteiger partial charge >= 0.3 is 5.97 Å². The Hall–Kier alpha value is -0.990. The highest BCUT2D eigenvalue weighted by Crippen LogP contribution is 2.70. The molecule has 0 aromatic heterocycles. The fourth-order valence-electron chi connectivity index (χ4n) is 7.91. The Bertz CT molecular complexity index is 842. The molecule has 0 radical (unpaired) electrons. The van der Waals surface area contributed by atoms with Gasteiger partial charge in [0.15, 0.2) is 0 Å². The van der Waals surface area contributed by atoms with Gasteiger partial charge in [0.05, 0.1) is 23.5 Å². The molecule has 3 fully saturated rings. The molecule has 0 heterocycles. The molecule has 33 heavy (non-hydrogen) atoms. The Labute approximate surface area is 196 Å². The summed E-state index contributed by atoms with van der Waals surface area (Å²) in [6.07, 6.45) is 2.53. The third-order valence-electron chi connectivity index (χ3n) is 10.6. The lowest BCUT2D eigenvalue weighted by Gasteiger charge is -2.67. The zero-order valence-corrected chi connectivity index (χ0v) is 20.7. The summed E-state index contributed by atoms with van der Waals surface area (Å²) in [5.74, 6) is -1.15. The van der Waals surface area contributed by atoms with Crippen molar-refractivity contribution in [2.75, 3.05) is 0 Å². The minimum absolute atomic E-state index is 0.0944. The van der Waals surface area contributed by atoms with Crippen LogP contribution in [0.3, 0.4) is 0 Å². The first-order valence-corrected chi connectivity index (χ1v) is 12.6. The summed E-state index contributed by atoms with van der Waals surface area (Å²) in [7, 11) is 0. The fourth-order valence-corrected chi connectivity index (χ4v) is 7.91. The fraction of sp³-hybridized carbons (Fsp3) is 0.885. The maximum Gasteiger partial charge on any atom is 0.309 e. The van der Waals surface area contributed by atoms with Crippen molar-refractivity contribution in [3.63, 3.8) is 0 Å². The highest BCUT2D eigenvalue weighted by molar-refractivity contribution is 5.72. The van der Waals surface area contributed by atoms with Crippen LogP contribution in [0.4, 0.5) is 0 Å². The number of rotatable bonds is 4. The Morgan fingerprint density at radius 2 is 1.82 bits per heavy atom. The molecule has 4 aliphatic carbocycles. The van der Waals surface area contributed by atoms with Gasteiger partial charge in [0.1, 0.15) is 22.9 Å². The lowest BCUT2D eigenvalue weighted by molar-refractivity contribution is -0.325. The van der Waals surface area contributed by atoms with Gasteiger partial charge in [-0.15, -0.1) is 0 Å². The van der Waals surface area contributed by atoms with Gasteiger partial charge in [-0.05, 0) is 63.7 Å². The molecule has 7 nitrogen and oxygen atoms in total. The average molecular weight is 467 g/mol. The maximum atomic E-state index is 12.5. The van der Waals surface area contributed by atoms with E-state index in [-0.39, 0.29) is 31.6 Å².